The summed E-state index contributed by atoms with van der Waals surface area (Å²) in [6.07, 6.45) is 1.79. The Bertz CT molecular complexity index is 635. The third-order valence-electron chi connectivity index (χ3n) is 3.34. The maximum Gasteiger partial charge on any atom is 0.319 e. The molecule has 2 aromatic rings. The lowest BCUT2D eigenvalue weighted by Gasteiger charge is -2.19. The van der Waals surface area contributed by atoms with E-state index in [1.165, 1.54) is 14.2 Å². The lowest BCUT2D eigenvalue weighted by atomic mass is 10.2. The number of methoxy groups -OCH3 is 2. The van der Waals surface area contributed by atoms with E-state index in [4.69, 9.17) is 0 Å². The first-order valence-electron chi connectivity index (χ1n) is 6.90. The van der Waals surface area contributed by atoms with Gasteiger partial charge in [-0.25, -0.2) is 0 Å². The Morgan fingerprint density at radius 1 is 1.14 bits per heavy atom. The van der Waals surface area contributed by atoms with Crippen LogP contribution < -0.4 is 0 Å². The van der Waals surface area contributed by atoms with Crippen molar-refractivity contribution in [2.24, 2.45) is 0 Å². The molecule has 0 N–H and O–H groups in total. The second-order valence-electron chi connectivity index (χ2n) is 4.79. The fourth-order valence-corrected chi connectivity index (χ4v) is 2.15. The van der Waals surface area contributed by atoms with E-state index in [9.17, 15) is 9.59 Å². The molecule has 0 spiro atoms. The normalized spacial score (nSPS) is 10.9. The van der Waals surface area contributed by atoms with Crippen LogP contribution in [0.25, 0.3) is 10.9 Å². The van der Waals surface area contributed by atoms with Gasteiger partial charge in [0.1, 0.15) is 0 Å². The summed E-state index contributed by atoms with van der Waals surface area (Å²) in [6.45, 7) is 1.10. The lowest BCUT2D eigenvalue weighted by molar-refractivity contribution is -0.145. The van der Waals surface area contributed by atoms with Gasteiger partial charge in [0.05, 0.1) is 45.6 Å². The quantitative estimate of drug-likeness (QED) is 0.701. The van der Waals surface area contributed by atoms with E-state index < -0.39 is 11.9 Å². The Hall–Kier alpha value is -2.41. The molecule has 1 aromatic heterocycles. The van der Waals surface area contributed by atoms with Gasteiger partial charge in [-0.2, -0.15) is 5.10 Å². The average Bonchev–Trinajstić information content (AvgIpc) is 2.95. The molecular weight excluding hydrogens is 286 g/mol. The van der Waals surface area contributed by atoms with Crippen molar-refractivity contribution in [2.75, 3.05) is 33.9 Å². The first-order valence-corrected chi connectivity index (χ1v) is 6.90. The molecule has 2 rings (SSSR count). The summed E-state index contributed by atoms with van der Waals surface area (Å²) in [5.74, 6) is -0.788. The van der Waals surface area contributed by atoms with Crippen LogP contribution in [0.3, 0.4) is 0 Å². The van der Waals surface area contributed by atoms with Crippen LogP contribution in [0.4, 0.5) is 0 Å². The molecule has 7 nitrogen and oxygen atoms in total. The highest BCUT2D eigenvalue weighted by molar-refractivity contribution is 5.78. The first-order chi connectivity index (χ1) is 10.6. The SMILES string of the molecule is COC(=O)CN(CCn1ncc2ccccc21)CC(=O)OC. The number of esters is 2. The summed E-state index contributed by atoms with van der Waals surface area (Å²) in [4.78, 5) is 24.5. The van der Waals surface area contributed by atoms with Crippen molar-refractivity contribution in [1.29, 1.82) is 0 Å². The van der Waals surface area contributed by atoms with E-state index >= 15 is 0 Å². The Labute approximate surface area is 128 Å². The summed E-state index contributed by atoms with van der Waals surface area (Å²) >= 11 is 0. The van der Waals surface area contributed by atoms with Crippen LogP contribution >= 0.6 is 0 Å². The molecule has 118 valence electrons. The number of hydrogen-bond acceptors (Lipinski definition) is 6. The van der Waals surface area contributed by atoms with Gasteiger partial charge >= 0.3 is 11.9 Å². The molecular formula is C15H19N3O4. The molecule has 0 bridgehead atoms. The monoisotopic (exact) mass is 305 g/mol. The molecule has 0 saturated heterocycles. The maximum atomic E-state index is 11.4. The van der Waals surface area contributed by atoms with E-state index in [1.807, 2.05) is 28.9 Å². The van der Waals surface area contributed by atoms with Gasteiger partial charge in [-0.15, -0.1) is 0 Å². The van der Waals surface area contributed by atoms with Crippen LogP contribution in [0.1, 0.15) is 0 Å². The number of ether oxygens (including phenoxy) is 2. The third kappa shape index (κ3) is 4.05. The Balaban J connectivity index is 2.03. The number of benzene rings is 1. The molecule has 0 amide bonds. The van der Waals surface area contributed by atoms with Crippen LogP contribution in [0, 0.1) is 0 Å². The maximum absolute atomic E-state index is 11.4. The number of aromatic nitrogens is 2. The van der Waals surface area contributed by atoms with E-state index in [2.05, 4.69) is 14.6 Å². The van der Waals surface area contributed by atoms with Gasteiger partial charge in [-0.05, 0) is 6.07 Å². The Kier molecular flexibility index (Phi) is 5.48. The van der Waals surface area contributed by atoms with Crippen LogP contribution in [-0.4, -0.2) is 60.5 Å². The number of hydrogen-bond donors (Lipinski definition) is 0. The van der Waals surface area contributed by atoms with Gasteiger partial charge in [0.25, 0.3) is 0 Å². The van der Waals surface area contributed by atoms with Crippen molar-refractivity contribution >= 4 is 22.8 Å². The molecule has 0 aliphatic rings. The highest BCUT2D eigenvalue weighted by Gasteiger charge is 2.15. The minimum absolute atomic E-state index is 0.0325. The van der Waals surface area contributed by atoms with Gasteiger partial charge in [0.15, 0.2) is 0 Å². The van der Waals surface area contributed by atoms with E-state index in [1.54, 1.807) is 11.1 Å². The largest absolute Gasteiger partial charge is 0.468 e. The topological polar surface area (TPSA) is 73.7 Å². The van der Waals surface area contributed by atoms with Gasteiger partial charge in [0.2, 0.25) is 0 Å². The van der Waals surface area contributed by atoms with Crippen molar-refractivity contribution in [3.05, 3.63) is 30.5 Å². The molecule has 0 saturated carbocycles. The second kappa shape index (κ2) is 7.56. The zero-order valence-corrected chi connectivity index (χ0v) is 12.7. The van der Waals surface area contributed by atoms with Crippen LogP contribution in [0.5, 0.6) is 0 Å². The standard InChI is InChI=1S/C15H19N3O4/c1-21-14(19)10-17(11-15(20)22-2)7-8-18-13-6-4-3-5-12(13)9-16-18/h3-6,9H,7-8,10-11H2,1-2H3. The minimum atomic E-state index is -0.394. The third-order valence-corrected chi connectivity index (χ3v) is 3.34. The smallest absolute Gasteiger partial charge is 0.319 e. The molecule has 0 aliphatic heterocycles. The second-order valence-corrected chi connectivity index (χ2v) is 4.79. The Morgan fingerprint density at radius 3 is 2.41 bits per heavy atom. The number of fused-ring (bicyclic) bond motifs is 1. The van der Waals surface area contributed by atoms with Crippen molar-refractivity contribution < 1.29 is 19.1 Å². The fourth-order valence-electron chi connectivity index (χ4n) is 2.15. The summed E-state index contributed by atoms with van der Waals surface area (Å²) in [7, 11) is 2.64. The molecule has 7 heteroatoms. The molecule has 0 unspecified atom stereocenters. The first kappa shape index (κ1) is 16.0. The molecule has 0 atom stereocenters. The summed E-state index contributed by atoms with van der Waals surface area (Å²) in [5.41, 5.74) is 1.01. The number of carbonyl (C=O) groups excluding carboxylic acids is 2. The molecule has 1 aromatic carbocycles. The number of nitrogens with zero attached hydrogens (tertiary/aromatic N) is 3. The molecule has 1 heterocycles. The zero-order chi connectivity index (χ0) is 15.9. The van der Waals surface area contributed by atoms with Gasteiger partial charge in [-0.1, -0.05) is 18.2 Å². The summed E-state index contributed by atoms with van der Waals surface area (Å²) < 4.78 is 11.1. The molecule has 0 aliphatic carbocycles. The van der Waals surface area contributed by atoms with Crippen LogP contribution in [0.15, 0.2) is 30.5 Å². The van der Waals surface area contributed by atoms with E-state index in [0.717, 1.165) is 10.9 Å². The number of carbonyl (C=O) groups is 2. The fraction of sp³-hybridized carbons (Fsp3) is 0.400. The number of rotatable bonds is 7. The van der Waals surface area contributed by atoms with Crippen molar-refractivity contribution in [3.8, 4) is 0 Å². The Morgan fingerprint density at radius 2 is 1.77 bits per heavy atom. The van der Waals surface area contributed by atoms with E-state index in [0.29, 0.717) is 13.1 Å². The van der Waals surface area contributed by atoms with Crippen LogP contribution in [0.2, 0.25) is 0 Å². The number of para-hydroxylation sites is 1. The predicted molar refractivity (Wildman–Crippen MR) is 80.2 cm³/mol. The highest BCUT2D eigenvalue weighted by Crippen LogP contribution is 2.12. The zero-order valence-electron chi connectivity index (χ0n) is 12.7. The summed E-state index contributed by atoms with van der Waals surface area (Å²) in [5, 5.41) is 5.37. The van der Waals surface area contributed by atoms with Gasteiger partial charge in [-0.3, -0.25) is 19.2 Å². The minimum Gasteiger partial charge on any atom is -0.468 e. The van der Waals surface area contributed by atoms with Crippen molar-refractivity contribution in [1.82, 2.24) is 14.7 Å². The van der Waals surface area contributed by atoms with E-state index in [-0.39, 0.29) is 13.1 Å². The lowest BCUT2D eigenvalue weighted by Crippen LogP contribution is -2.37. The predicted octanol–water partition coefficient (Wildman–Crippen LogP) is 0.684. The van der Waals surface area contributed by atoms with Crippen molar-refractivity contribution in [2.45, 2.75) is 6.54 Å². The van der Waals surface area contributed by atoms with Gasteiger partial charge in [0, 0.05) is 11.9 Å². The summed E-state index contributed by atoms with van der Waals surface area (Å²) in [6, 6.07) is 7.86. The highest BCUT2D eigenvalue weighted by atomic mass is 16.5. The molecule has 22 heavy (non-hydrogen) atoms. The van der Waals surface area contributed by atoms with Crippen LogP contribution in [-0.2, 0) is 25.6 Å². The van der Waals surface area contributed by atoms with Crippen molar-refractivity contribution in [3.63, 3.8) is 0 Å². The molecule has 0 fully saturated rings. The average molecular weight is 305 g/mol. The molecule has 0 radical (unpaired) electrons. The van der Waals surface area contributed by atoms with Gasteiger partial charge < -0.3 is 9.47 Å².